The van der Waals surface area contributed by atoms with Gasteiger partial charge >= 0.3 is 0 Å². The van der Waals surface area contributed by atoms with Crippen molar-refractivity contribution in [3.05, 3.63) is 11.2 Å². The number of halogens is 2. The van der Waals surface area contributed by atoms with Crippen LogP contribution in [-0.4, -0.2) is 40.4 Å². The Morgan fingerprint density at radius 1 is 1.47 bits per heavy atom. The van der Waals surface area contributed by atoms with E-state index in [0.29, 0.717) is 23.8 Å². The molecule has 0 amide bonds. The summed E-state index contributed by atoms with van der Waals surface area (Å²) in [6.45, 7) is 3.17. The van der Waals surface area contributed by atoms with Crippen LogP contribution in [0.3, 0.4) is 0 Å². The number of aryl methyl sites for hydroxylation is 1. The monoisotopic (exact) mass is 369 g/mol. The lowest BCUT2D eigenvalue weighted by atomic mass is 9.96. The van der Waals surface area contributed by atoms with Crippen molar-refractivity contribution in [2.75, 3.05) is 13.1 Å². The molecule has 5 nitrogen and oxygen atoms in total. The number of piperidine rings is 1. The normalized spacial score (nSPS) is 20.6. The largest absolute Gasteiger partial charge is 0.261 e. The number of sulfonamides is 1. The summed E-state index contributed by atoms with van der Waals surface area (Å²) in [7, 11) is -1.95. The summed E-state index contributed by atoms with van der Waals surface area (Å²) >= 11 is 9.50. The Morgan fingerprint density at radius 3 is 2.47 bits per heavy atom. The third-order valence-corrected chi connectivity index (χ3v) is 6.73. The summed E-state index contributed by atoms with van der Waals surface area (Å²) in [5.41, 5.74) is 0. The fraction of sp³-hybridized carbons (Fsp3) is 0.727. The molecule has 1 fully saturated rings. The Labute approximate surface area is 127 Å². The van der Waals surface area contributed by atoms with E-state index in [0.717, 1.165) is 12.8 Å². The molecule has 2 rings (SSSR count). The average molecular weight is 371 g/mol. The number of hydrogen-bond donors (Lipinski definition) is 0. The standard InChI is InChI=1S/C11H17BrClN3O2S/c1-8(12)9-3-5-16(6-4-9)19(17,18)11-10(13)7-14-15(11)2/h7-9H,3-6H2,1-2H3. The second-order valence-electron chi connectivity index (χ2n) is 4.84. The van der Waals surface area contributed by atoms with Crippen LogP contribution in [0, 0.1) is 5.92 Å². The van der Waals surface area contributed by atoms with E-state index >= 15 is 0 Å². The van der Waals surface area contributed by atoms with Crippen molar-refractivity contribution in [3.8, 4) is 0 Å². The van der Waals surface area contributed by atoms with Crippen molar-refractivity contribution in [1.29, 1.82) is 0 Å². The molecule has 1 aliphatic heterocycles. The minimum Gasteiger partial charge on any atom is -0.255 e. The van der Waals surface area contributed by atoms with Gasteiger partial charge < -0.3 is 0 Å². The van der Waals surface area contributed by atoms with Crippen LogP contribution < -0.4 is 0 Å². The summed E-state index contributed by atoms with van der Waals surface area (Å²) in [4.78, 5) is 0.414. The molecule has 2 heterocycles. The molecule has 0 aromatic carbocycles. The average Bonchev–Trinajstić information content (AvgIpc) is 2.69. The molecule has 1 unspecified atom stereocenters. The number of hydrogen-bond acceptors (Lipinski definition) is 3. The smallest absolute Gasteiger partial charge is 0.255 e. The molecule has 1 atom stereocenters. The number of nitrogens with zero attached hydrogens (tertiary/aromatic N) is 3. The molecule has 0 bridgehead atoms. The maximum Gasteiger partial charge on any atom is 0.261 e. The topological polar surface area (TPSA) is 55.2 Å². The molecule has 1 saturated heterocycles. The molecular formula is C11H17BrClN3O2S. The van der Waals surface area contributed by atoms with Crippen LogP contribution in [0.4, 0.5) is 0 Å². The van der Waals surface area contributed by atoms with Gasteiger partial charge in [0.25, 0.3) is 10.0 Å². The molecule has 0 spiro atoms. The molecule has 108 valence electrons. The van der Waals surface area contributed by atoms with E-state index in [1.807, 2.05) is 0 Å². The fourth-order valence-electron chi connectivity index (χ4n) is 2.39. The highest BCUT2D eigenvalue weighted by atomic mass is 79.9. The van der Waals surface area contributed by atoms with Crippen molar-refractivity contribution in [1.82, 2.24) is 14.1 Å². The van der Waals surface area contributed by atoms with Gasteiger partial charge in [-0.1, -0.05) is 34.5 Å². The van der Waals surface area contributed by atoms with Crippen LogP contribution >= 0.6 is 27.5 Å². The predicted octanol–water partition coefficient (Wildman–Crippen LogP) is 2.26. The summed E-state index contributed by atoms with van der Waals surface area (Å²) in [5, 5.41) is 4.15. The summed E-state index contributed by atoms with van der Waals surface area (Å²) < 4.78 is 27.9. The van der Waals surface area contributed by atoms with Gasteiger partial charge in [0, 0.05) is 25.0 Å². The summed E-state index contributed by atoms with van der Waals surface area (Å²) in [5.74, 6) is 0.522. The van der Waals surface area contributed by atoms with Crippen molar-refractivity contribution < 1.29 is 8.42 Å². The van der Waals surface area contributed by atoms with E-state index in [4.69, 9.17) is 11.6 Å². The first-order valence-electron chi connectivity index (χ1n) is 6.15. The maximum atomic E-state index is 12.5. The molecule has 0 saturated carbocycles. The van der Waals surface area contributed by atoms with E-state index in [1.54, 1.807) is 7.05 Å². The van der Waals surface area contributed by atoms with E-state index in [-0.39, 0.29) is 10.0 Å². The van der Waals surface area contributed by atoms with Crippen LogP contribution in [0.1, 0.15) is 19.8 Å². The SMILES string of the molecule is CC(Br)C1CCN(S(=O)(=O)c2c(Cl)cnn2C)CC1. The highest BCUT2D eigenvalue weighted by molar-refractivity contribution is 9.09. The maximum absolute atomic E-state index is 12.5. The number of alkyl halides is 1. The molecule has 1 aromatic rings. The van der Waals surface area contributed by atoms with Crippen molar-refractivity contribution in [3.63, 3.8) is 0 Å². The van der Waals surface area contributed by atoms with E-state index in [9.17, 15) is 8.42 Å². The first kappa shape index (κ1) is 15.3. The number of aromatic nitrogens is 2. The lowest BCUT2D eigenvalue weighted by Gasteiger charge is -2.32. The molecule has 1 aliphatic rings. The van der Waals surface area contributed by atoms with Gasteiger partial charge in [-0.3, -0.25) is 4.68 Å². The summed E-state index contributed by atoms with van der Waals surface area (Å²) in [6.07, 6.45) is 3.09. The van der Waals surface area contributed by atoms with Crippen LogP contribution in [0.2, 0.25) is 5.02 Å². The molecule has 19 heavy (non-hydrogen) atoms. The van der Waals surface area contributed by atoms with Gasteiger partial charge in [0.1, 0.15) is 0 Å². The fourth-order valence-corrected chi connectivity index (χ4v) is 4.99. The minimum atomic E-state index is -3.54. The zero-order valence-corrected chi connectivity index (χ0v) is 14.0. The Balaban J connectivity index is 2.19. The Morgan fingerprint density at radius 2 is 2.05 bits per heavy atom. The molecule has 0 radical (unpaired) electrons. The van der Waals surface area contributed by atoms with Crippen molar-refractivity contribution in [2.24, 2.45) is 13.0 Å². The quantitative estimate of drug-likeness (QED) is 0.767. The number of rotatable bonds is 3. The molecule has 1 aromatic heterocycles. The van der Waals surface area contributed by atoms with Gasteiger partial charge in [0.05, 0.1) is 11.2 Å². The van der Waals surface area contributed by atoms with Gasteiger partial charge in [-0.2, -0.15) is 9.40 Å². The molecule has 0 N–H and O–H groups in total. The zero-order valence-electron chi connectivity index (χ0n) is 10.9. The van der Waals surface area contributed by atoms with E-state index in [1.165, 1.54) is 15.2 Å². The third kappa shape index (κ3) is 2.99. The summed E-state index contributed by atoms with van der Waals surface area (Å²) in [6, 6.07) is 0. The molecular weight excluding hydrogens is 354 g/mol. The Bertz CT molecular complexity index is 531. The molecule has 0 aliphatic carbocycles. The second kappa shape index (κ2) is 5.71. The van der Waals surface area contributed by atoms with Crippen LogP contribution in [0.25, 0.3) is 0 Å². The third-order valence-electron chi connectivity index (χ3n) is 3.57. The lowest BCUT2D eigenvalue weighted by Crippen LogP contribution is -2.40. The minimum absolute atomic E-state index is 0.0829. The predicted molar refractivity (Wildman–Crippen MR) is 78.1 cm³/mol. The first-order chi connectivity index (χ1) is 8.84. The highest BCUT2D eigenvalue weighted by Crippen LogP contribution is 2.30. The van der Waals surface area contributed by atoms with E-state index in [2.05, 4.69) is 28.0 Å². The lowest BCUT2D eigenvalue weighted by molar-refractivity contribution is 0.273. The Kier molecular flexibility index (Phi) is 4.59. The van der Waals surface area contributed by atoms with Crippen LogP contribution in [0.15, 0.2) is 11.2 Å². The van der Waals surface area contributed by atoms with Crippen LogP contribution in [-0.2, 0) is 17.1 Å². The highest BCUT2D eigenvalue weighted by Gasteiger charge is 2.34. The van der Waals surface area contributed by atoms with E-state index < -0.39 is 10.0 Å². The first-order valence-corrected chi connectivity index (χ1v) is 8.89. The van der Waals surface area contributed by atoms with Gasteiger partial charge in [-0.15, -0.1) is 0 Å². The van der Waals surface area contributed by atoms with Crippen LogP contribution in [0.5, 0.6) is 0 Å². The van der Waals surface area contributed by atoms with Crippen molar-refractivity contribution in [2.45, 2.75) is 29.6 Å². The van der Waals surface area contributed by atoms with Crippen molar-refractivity contribution >= 4 is 37.6 Å². The van der Waals surface area contributed by atoms with Gasteiger partial charge in [0.15, 0.2) is 5.03 Å². The van der Waals surface area contributed by atoms with Gasteiger partial charge in [0.2, 0.25) is 0 Å². The van der Waals surface area contributed by atoms with Gasteiger partial charge in [-0.25, -0.2) is 8.42 Å². The Hall–Kier alpha value is -0.110. The molecule has 8 heteroatoms. The zero-order chi connectivity index (χ0) is 14.2. The van der Waals surface area contributed by atoms with Gasteiger partial charge in [-0.05, 0) is 18.8 Å². The second-order valence-corrected chi connectivity index (χ2v) is 8.55.